The number of aromatic nitrogens is 3. The molecule has 2 fully saturated rings. The second kappa shape index (κ2) is 7.48. The van der Waals surface area contributed by atoms with Crippen molar-refractivity contribution in [2.75, 3.05) is 7.11 Å². The van der Waals surface area contributed by atoms with E-state index in [-0.39, 0.29) is 22.9 Å². The number of methoxy groups -OCH3 is 1. The number of hydrogen-bond acceptors (Lipinski definition) is 7. The maximum atomic E-state index is 13.4. The van der Waals surface area contributed by atoms with Gasteiger partial charge in [0.15, 0.2) is 0 Å². The number of hydrogen-bond donors (Lipinski definition) is 0. The summed E-state index contributed by atoms with van der Waals surface area (Å²) in [4.78, 5) is 8.86. The summed E-state index contributed by atoms with van der Waals surface area (Å²) in [6, 6.07) is 10.2. The van der Waals surface area contributed by atoms with Crippen LogP contribution in [0, 0.1) is 0 Å². The van der Waals surface area contributed by atoms with Gasteiger partial charge < -0.3 is 9.26 Å². The van der Waals surface area contributed by atoms with E-state index in [1.165, 1.54) is 7.11 Å². The lowest BCUT2D eigenvalue weighted by atomic mass is 9.92. The predicted octanol–water partition coefficient (Wildman–Crippen LogP) is 3.24. The summed E-state index contributed by atoms with van der Waals surface area (Å²) in [5, 5.41) is 4.11. The van der Waals surface area contributed by atoms with Crippen LogP contribution in [0.3, 0.4) is 0 Å². The van der Waals surface area contributed by atoms with Crippen molar-refractivity contribution in [2.24, 2.45) is 0 Å². The van der Waals surface area contributed by atoms with Gasteiger partial charge in [0.25, 0.3) is 0 Å². The Kier molecular flexibility index (Phi) is 4.79. The molecule has 9 heteroatoms. The van der Waals surface area contributed by atoms with Gasteiger partial charge in [-0.1, -0.05) is 11.2 Å². The monoisotopic (exact) mass is 426 g/mol. The van der Waals surface area contributed by atoms with Crippen LogP contribution in [0.1, 0.15) is 37.5 Å². The second-order valence-electron chi connectivity index (χ2n) is 7.76. The molecule has 2 atom stereocenters. The molecule has 2 unspecified atom stereocenters. The number of piperidine rings is 1. The van der Waals surface area contributed by atoms with Crippen LogP contribution in [-0.4, -0.2) is 47.0 Å². The minimum absolute atomic E-state index is 0.0577. The van der Waals surface area contributed by atoms with Gasteiger partial charge in [-0.15, -0.1) is 0 Å². The van der Waals surface area contributed by atoms with E-state index in [1.807, 2.05) is 12.1 Å². The van der Waals surface area contributed by atoms with Crippen LogP contribution in [0.5, 0.6) is 5.75 Å². The van der Waals surface area contributed by atoms with Gasteiger partial charge in [-0.25, -0.2) is 8.42 Å². The highest BCUT2D eigenvalue weighted by molar-refractivity contribution is 7.89. The van der Waals surface area contributed by atoms with Crippen molar-refractivity contribution < 1.29 is 17.7 Å². The normalized spacial score (nSPS) is 24.1. The highest BCUT2D eigenvalue weighted by atomic mass is 32.2. The summed E-state index contributed by atoms with van der Waals surface area (Å²) in [6.07, 6.45) is 6.42. The van der Waals surface area contributed by atoms with Crippen molar-refractivity contribution in [1.29, 1.82) is 0 Å². The van der Waals surface area contributed by atoms with E-state index in [4.69, 9.17) is 9.26 Å². The first-order valence-electron chi connectivity index (χ1n) is 9.98. The van der Waals surface area contributed by atoms with E-state index in [0.717, 1.165) is 18.4 Å². The molecule has 4 heterocycles. The third-order valence-corrected chi connectivity index (χ3v) is 8.01. The fourth-order valence-electron chi connectivity index (χ4n) is 4.63. The molecule has 0 saturated carbocycles. The molecule has 0 amide bonds. The van der Waals surface area contributed by atoms with E-state index in [2.05, 4.69) is 15.1 Å². The van der Waals surface area contributed by atoms with Gasteiger partial charge in [0.05, 0.1) is 12.0 Å². The van der Waals surface area contributed by atoms with Crippen LogP contribution in [0.2, 0.25) is 0 Å². The Morgan fingerprint density at radius 3 is 2.53 bits per heavy atom. The Hall–Kier alpha value is -2.78. The zero-order valence-electron chi connectivity index (χ0n) is 16.5. The number of benzene rings is 1. The SMILES string of the molecule is COc1cccc(S(=O)(=O)N2C3CCC2CC(c2nc(-c4ccncc4)no2)C3)c1. The zero-order valence-corrected chi connectivity index (χ0v) is 17.3. The molecule has 2 aliphatic rings. The number of rotatable bonds is 5. The standard InChI is InChI=1S/C21H22N4O4S/c1-28-18-3-2-4-19(13-18)30(26,27)25-16-5-6-17(25)12-15(11-16)21-23-20(24-29-21)14-7-9-22-10-8-14/h2-4,7-10,13,15-17H,5-6,11-12H2,1H3. The molecule has 30 heavy (non-hydrogen) atoms. The third-order valence-electron chi connectivity index (χ3n) is 6.01. The van der Waals surface area contributed by atoms with Crippen molar-refractivity contribution in [2.45, 2.75) is 48.6 Å². The Balaban J connectivity index is 1.38. The first kappa shape index (κ1) is 19.2. The molecular weight excluding hydrogens is 404 g/mol. The van der Waals surface area contributed by atoms with Gasteiger partial charge in [0.1, 0.15) is 5.75 Å². The number of sulfonamides is 1. The lowest BCUT2D eigenvalue weighted by Gasteiger charge is -2.36. The van der Waals surface area contributed by atoms with Gasteiger partial charge in [-0.2, -0.15) is 9.29 Å². The largest absolute Gasteiger partial charge is 0.497 e. The van der Waals surface area contributed by atoms with E-state index in [9.17, 15) is 8.42 Å². The molecule has 5 rings (SSSR count). The smallest absolute Gasteiger partial charge is 0.243 e. The van der Waals surface area contributed by atoms with Crippen LogP contribution in [0.25, 0.3) is 11.4 Å². The molecule has 2 aliphatic heterocycles. The molecule has 1 aromatic carbocycles. The number of nitrogens with zero attached hydrogens (tertiary/aromatic N) is 4. The second-order valence-corrected chi connectivity index (χ2v) is 9.60. The molecule has 0 aliphatic carbocycles. The minimum atomic E-state index is -3.59. The number of pyridine rings is 1. The molecule has 2 saturated heterocycles. The maximum absolute atomic E-state index is 13.4. The van der Waals surface area contributed by atoms with Gasteiger partial charge in [-0.3, -0.25) is 4.98 Å². The summed E-state index contributed by atoms with van der Waals surface area (Å²) < 4.78 is 39.2. The highest BCUT2D eigenvalue weighted by Gasteiger charge is 2.48. The van der Waals surface area contributed by atoms with Gasteiger partial charge >= 0.3 is 0 Å². The summed E-state index contributed by atoms with van der Waals surface area (Å²) in [6.45, 7) is 0. The quantitative estimate of drug-likeness (QED) is 0.618. The van der Waals surface area contributed by atoms with Crippen molar-refractivity contribution in [1.82, 2.24) is 19.4 Å². The lowest BCUT2D eigenvalue weighted by molar-refractivity contribution is 0.202. The Morgan fingerprint density at radius 1 is 1.10 bits per heavy atom. The first-order valence-corrected chi connectivity index (χ1v) is 11.4. The molecule has 156 valence electrons. The van der Waals surface area contributed by atoms with Crippen molar-refractivity contribution in [3.05, 3.63) is 54.7 Å². The van der Waals surface area contributed by atoms with E-state index in [1.54, 1.807) is 41.0 Å². The zero-order chi connectivity index (χ0) is 20.7. The molecule has 8 nitrogen and oxygen atoms in total. The third kappa shape index (κ3) is 3.27. The van der Waals surface area contributed by atoms with Gasteiger partial charge in [0.2, 0.25) is 21.7 Å². The average Bonchev–Trinajstić information content (AvgIpc) is 3.38. The molecule has 0 radical (unpaired) electrons. The summed E-state index contributed by atoms with van der Waals surface area (Å²) in [5.74, 6) is 1.71. The molecule has 0 spiro atoms. The van der Waals surface area contributed by atoms with E-state index in [0.29, 0.717) is 30.3 Å². The number of ether oxygens (including phenoxy) is 1. The fourth-order valence-corrected chi connectivity index (χ4v) is 6.56. The average molecular weight is 426 g/mol. The summed E-state index contributed by atoms with van der Waals surface area (Å²) >= 11 is 0. The summed E-state index contributed by atoms with van der Waals surface area (Å²) in [7, 11) is -2.06. The molecule has 0 N–H and O–H groups in total. The molecule has 2 bridgehead atoms. The van der Waals surface area contributed by atoms with Crippen LogP contribution in [0.15, 0.2) is 58.2 Å². The fraction of sp³-hybridized carbons (Fsp3) is 0.381. The van der Waals surface area contributed by atoms with Crippen LogP contribution in [-0.2, 0) is 10.0 Å². The first-order chi connectivity index (χ1) is 14.6. The van der Waals surface area contributed by atoms with Gasteiger partial charge in [0, 0.05) is 42.0 Å². The van der Waals surface area contributed by atoms with Crippen LogP contribution < -0.4 is 4.74 Å². The minimum Gasteiger partial charge on any atom is -0.497 e. The Morgan fingerprint density at radius 2 is 1.83 bits per heavy atom. The molecular formula is C21H22N4O4S. The Labute approximate surface area is 174 Å². The predicted molar refractivity (Wildman–Crippen MR) is 108 cm³/mol. The van der Waals surface area contributed by atoms with Crippen molar-refractivity contribution in [3.63, 3.8) is 0 Å². The van der Waals surface area contributed by atoms with Crippen LogP contribution >= 0.6 is 0 Å². The lowest BCUT2D eigenvalue weighted by Crippen LogP contribution is -2.45. The Bertz CT molecular complexity index is 1130. The van der Waals surface area contributed by atoms with Crippen molar-refractivity contribution in [3.8, 4) is 17.1 Å². The number of fused-ring (bicyclic) bond motifs is 2. The maximum Gasteiger partial charge on any atom is 0.243 e. The van der Waals surface area contributed by atoms with Gasteiger partial charge in [-0.05, 0) is 49.9 Å². The molecule has 3 aromatic rings. The van der Waals surface area contributed by atoms with Crippen LogP contribution in [0.4, 0.5) is 0 Å². The topological polar surface area (TPSA) is 98.4 Å². The van der Waals surface area contributed by atoms with E-state index < -0.39 is 10.0 Å². The molecule has 2 aromatic heterocycles. The van der Waals surface area contributed by atoms with E-state index >= 15 is 0 Å². The summed E-state index contributed by atoms with van der Waals surface area (Å²) in [5.41, 5.74) is 0.848. The van der Waals surface area contributed by atoms with Crippen molar-refractivity contribution >= 4 is 10.0 Å². The highest BCUT2D eigenvalue weighted by Crippen LogP contribution is 2.45.